The summed E-state index contributed by atoms with van der Waals surface area (Å²) in [4.78, 5) is 17.0. The molecule has 1 fully saturated rings. The quantitative estimate of drug-likeness (QED) is 0.903. The van der Waals surface area contributed by atoms with E-state index in [1.165, 1.54) is 16.9 Å². The molecule has 2 atom stereocenters. The first kappa shape index (κ1) is 13.1. The highest BCUT2D eigenvalue weighted by molar-refractivity contribution is 7.14. The van der Waals surface area contributed by atoms with Crippen LogP contribution in [0.3, 0.4) is 0 Å². The maximum atomic E-state index is 12.6. The minimum atomic E-state index is 0.184. The molecule has 1 amide bonds. The van der Waals surface area contributed by atoms with Gasteiger partial charge in [-0.05, 0) is 56.6 Å². The summed E-state index contributed by atoms with van der Waals surface area (Å²) >= 11 is 1.71. The van der Waals surface area contributed by atoms with Crippen LogP contribution in [0.15, 0.2) is 6.07 Å². The number of thiophene rings is 1. The molecule has 2 N–H and O–H groups in total. The molecule has 0 saturated carbocycles. The second kappa shape index (κ2) is 5.25. The van der Waals surface area contributed by atoms with E-state index in [2.05, 4.69) is 13.0 Å². The summed E-state index contributed by atoms with van der Waals surface area (Å²) in [7, 11) is 0. The van der Waals surface area contributed by atoms with Gasteiger partial charge in [-0.2, -0.15) is 0 Å². The van der Waals surface area contributed by atoms with E-state index in [1.54, 1.807) is 11.3 Å². The highest BCUT2D eigenvalue weighted by atomic mass is 32.1. The molecule has 1 aliphatic carbocycles. The topological polar surface area (TPSA) is 46.3 Å². The van der Waals surface area contributed by atoms with Gasteiger partial charge in [-0.3, -0.25) is 4.79 Å². The molecule has 1 saturated heterocycles. The maximum Gasteiger partial charge on any atom is 0.263 e. The Bertz CT molecular complexity index is 459. The largest absolute Gasteiger partial charge is 0.338 e. The number of rotatable bonds is 2. The zero-order valence-electron chi connectivity index (χ0n) is 11.5. The van der Waals surface area contributed by atoms with Crippen LogP contribution in [0, 0.1) is 5.92 Å². The van der Waals surface area contributed by atoms with Gasteiger partial charge in [0.2, 0.25) is 0 Å². The van der Waals surface area contributed by atoms with Gasteiger partial charge in [0.25, 0.3) is 5.91 Å². The third-order valence-corrected chi connectivity index (χ3v) is 5.67. The van der Waals surface area contributed by atoms with Crippen molar-refractivity contribution >= 4 is 17.2 Å². The lowest BCUT2D eigenvalue weighted by Crippen LogP contribution is -2.44. The summed E-state index contributed by atoms with van der Waals surface area (Å²) < 4.78 is 0. The van der Waals surface area contributed by atoms with Gasteiger partial charge >= 0.3 is 0 Å². The molecule has 2 unspecified atom stereocenters. The number of nitrogens with two attached hydrogens (primary N) is 1. The van der Waals surface area contributed by atoms with E-state index in [1.807, 2.05) is 4.90 Å². The number of fused-ring (bicyclic) bond motifs is 1. The molecule has 0 bridgehead atoms. The molecule has 1 aromatic heterocycles. The van der Waals surface area contributed by atoms with Crippen LogP contribution in [0.4, 0.5) is 0 Å². The Morgan fingerprint density at radius 1 is 1.47 bits per heavy atom. The van der Waals surface area contributed by atoms with Crippen LogP contribution in [-0.4, -0.2) is 29.9 Å². The number of hydrogen-bond acceptors (Lipinski definition) is 3. The number of nitrogens with zero attached hydrogens (tertiary/aromatic N) is 1. The zero-order valence-corrected chi connectivity index (χ0v) is 12.3. The summed E-state index contributed by atoms with van der Waals surface area (Å²) in [6.07, 6.45) is 5.81. The van der Waals surface area contributed by atoms with Crippen molar-refractivity contribution < 1.29 is 4.79 Å². The van der Waals surface area contributed by atoms with Crippen LogP contribution in [-0.2, 0) is 12.8 Å². The lowest BCUT2D eigenvalue weighted by molar-refractivity contribution is 0.0666. The third-order valence-electron chi connectivity index (χ3n) is 4.45. The molecular weight excluding hydrogens is 256 g/mol. The van der Waals surface area contributed by atoms with Gasteiger partial charge in [0.1, 0.15) is 0 Å². The van der Waals surface area contributed by atoms with E-state index < -0.39 is 0 Å². The molecule has 1 aromatic rings. The molecule has 0 aromatic carbocycles. The van der Waals surface area contributed by atoms with E-state index in [9.17, 15) is 4.79 Å². The highest BCUT2D eigenvalue weighted by Gasteiger charge is 2.28. The zero-order chi connectivity index (χ0) is 13.4. The van der Waals surface area contributed by atoms with Gasteiger partial charge < -0.3 is 10.6 Å². The van der Waals surface area contributed by atoms with Crippen molar-refractivity contribution in [1.29, 1.82) is 0 Å². The summed E-state index contributed by atoms with van der Waals surface area (Å²) in [5, 5.41) is 0. The average Bonchev–Trinajstić information content (AvgIpc) is 2.98. The van der Waals surface area contributed by atoms with Crippen molar-refractivity contribution in [3.63, 3.8) is 0 Å². The smallest absolute Gasteiger partial charge is 0.263 e. The predicted octanol–water partition coefficient (Wildman–Crippen LogP) is 2.44. The van der Waals surface area contributed by atoms with Crippen LogP contribution in [0.25, 0.3) is 0 Å². The summed E-state index contributed by atoms with van der Waals surface area (Å²) in [5.74, 6) is 0.689. The minimum Gasteiger partial charge on any atom is -0.338 e. The van der Waals surface area contributed by atoms with Crippen molar-refractivity contribution in [2.75, 3.05) is 13.1 Å². The normalized spacial score (nSPS) is 24.3. The van der Waals surface area contributed by atoms with Crippen molar-refractivity contribution in [2.24, 2.45) is 11.7 Å². The summed E-state index contributed by atoms with van der Waals surface area (Å²) in [5.41, 5.74) is 7.40. The lowest BCUT2D eigenvalue weighted by atomic mass is 9.92. The number of amides is 1. The molecule has 1 aliphatic heterocycles. The first-order valence-corrected chi connectivity index (χ1v) is 8.13. The molecule has 2 heterocycles. The highest BCUT2D eigenvalue weighted by Crippen LogP contribution is 2.32. The van der Waals surface area contributed by atoms with E-state index in [0.29, 0.717) is 5.92 Å². The Labute approximate surface area is 118 Å². The Balaban J connectivity index is 1.72. The molecule has 2 aliphatic rings. The van der Waals surface area contributed by atoms with Gasteiger partial charge in [0.05, 0.1) is 4.88 Å². The van der Waals surface area contributed by atoms with Gasteiger partial charge in [0, 0.05) is 24.0 Å². The molecule has 4 heteroatoms. The van der Waals surface area contributed by atoms with Crippen molar-refractivity contribution in [1.82, 2.24) is 4.90 Å². The Hall–Kier alpha value is -0.870. The van der Waals surface area contributed by atoms with Crippen LogP contribution in [0.5, 0.6) is 0 Å². The van der Waals surface area contributed by atoms with Crippen LogP contribution < -0.4 is 5.73 Å². The van der Waals surface area contributed by atoms with E-state index in [-0.39, 0.29) is 11.9 Å². The predicted molar refractivity (Wildman–Crippen MR) is 78.6 cm³/mol. The fourth-order valence-electron chi connectivity index (χ4n) is 3.21. The third kappa shape index (κ3) is 2.56. The number of carbonyl (C=O) groups excluding carboxylic acids is 1. The SMILES string of the molecule is CC(N)C1CCCN(C(=O)c2cc3c(s2)CCC3)C1. The molecular formula is C15H22N2OS. The number of likely N-dealkylation sites (tertiary alicyclic amines) is 1. The molecule has 104 valence electrons. The van der Waals surface area contributed by atoms with Crippen molar-refractivity contribution in [2.45, 2.75) is 45.1 Å². The average molecular weight is 278 g/mol. The van der Waals surface area contributed by atoms with Crippen LogP contribution >= 0.6 is 11.3 Å². The fraction of sp³-hybridized carbons (Fsp3) is 0.667. The van der Waals surface area contributed by atoms with Crippen molar-refractivity contribution in [3.8, 4) is 0 Å². The number of aryl methyl sites for hydroxylation is 2. The van der Waals surface area contributed by atoms with Gasteiger partial charge in [-0.15, -0.1) is 11.3 Å². The Morgan fingerprint density at radius 2 is 2.32 bits per heavy atom. The van der Waals surface area contributed by atoms with Gasteiger partial charge in [-0.25, -0.2) is 0 Å². The van der Waals surface area contributed by atoms with Gasteiger partial charge in [-0.1, -0.05) is 0 Å². The number of piperidine rings is 1. The maximum absolute atomic E-state index is 12.6. The lowest BCUT2D eigenvalue weighted by Gasteiger charge is -2.34. The van der Waals surface area contributed by atoms with E-state index >= 15 is 0 Å². The van der Waals surface area contributed by atoms with Gasteiger partial charge in [0.15, 0.2) is 0 Å². The van der Waals surface area contributed by atoms with E-state index in [0.717, 1.165) is 43.6 Å². The minimum absolute atomic E-state index is 0.184. The Morgan fingerprint density at radius 3 is 3.05 bits per heavy atom. The van der Waals surface area contributed by atoms with Crippen LogP contribution in [0.1, 0.15) is 46.3 Å². The molecule has 19 heavy (non-hydrogen) atoms. The fourth-order valence-corrected chi connectivity index (χ4v) is 4.44. The summed E-state index contributed by atoms with van der Waals surface area (Å²) in [6.45, 7) is 3.78. The van der Waals surface area contributed by atoms with Crippen molar-refractivity contribution in [3.05, 3.63) is 21.4 Å². The molecule has 3 rings (SSSR count). The van der Waals surface area contributed by atoms with E-state index in [4.69, 9.17) is 5.73 Å². The first-order chi connectivity index (χ1) is 9.15. The standard InChI is InChI=1S/C15H22N2OS/c1-10(16)12-5-3-7-17(9-12)15(18)14-8-11-4-2-6-13(11)19-14/h8,10,12H,2-7,9,16H2,1H3. The monoisotopic (exact) mass is 278 g/mol. The second-order valence-corrected chi connectivity index (χ2v) is 7.06. The number of carbonyl (C=O) groups is 1. The second-order valence-electron chi connectivity index (χ2n) is 5.93. The van der Waals surface area contributed by atoms with Crippen LogP contribution in [0.2, 0.25) is 0 Å². The number of hydrogen-bond donors (Lipinski definition) is 1. The molecule has 0 spiro atoms. The Kier molecular flexibility index (Phi) is 3.63. The first-order valence-electron chi connectivity index (χ1n) is 7.31. The molecule has 3 nitrogen and oxygen atoms in total. The summed E-state index contributed by atoms with van der Waals surface area (Å²) in [6, 6.07) is 2.31. The molecule has 0 radical (unpaired) electrons.